The summed E-state index contributed by atoms with van der Waals surface area (Å²) < 4.78 is 5.99. The Balaban J connectivity index is 2.22. The van der Waals surface area contributed by atoms with E-state index in [9.17, 15) is 0 Å². The van der Waals surface area contributed by atoms with Crippen molar-refractivity contribution in [3.63, 3.8) is 0 Å². The number of hydrogen-bond donors (Lipinski definition) is 1. The van der Waals surface area contributed by atoms with E-state index >= 15 is 0 Å². The Kier molecular flexibility index (Phi) is 5.90. The summed E-state index contributed by atoms with van der Waals surface area (Å²) in [5, 5.41) is 3.72. The van der Waals surface area contributed by atoms with Crippen LogP contribution in [0.3, 0.4) is 0 Å². The average Bonchev–Trinajstić information content (AvgIpc) is 2.50. The van der Waals surface area contributed by atoms with Crippen LogP contribution >= 0.6 is 0 Å². The highest BCUT2D eigenvalue weighted by Gasteiger charge is 2.21. The van der Waals surface area contributed by atoms with Crippen LogP contribution in [0.5, 0.6) is 5.75 Å². The molecule has 2 rings (SSSR count). The molecule has 0 saturated heterocycles. The Morgan fingerprint density at radius 1 is 1.30 bits per heavy atom. The number of benzene rings is 1. The second-order valence-corrected chi connectivity index (χ2v) is 6.04. The van der Waals surface area contributed by atoms with Crippen molar-refractivity contribution >= 4 is 0 Å². The maximum Gasteiger partial charge on any atom is 0.127 e. The molecule has 2 heteroatoms. The zero-order valence-electron chi connectivity index (χ0n) is 13.2. The summed E-state index contributed by atoms with van der Waals surface area (Å²) in [6, 6.07) is 7.09. The highest BCUT2D eigenvalue weighted by Crippen LogP contribution is 2.35. The number of hydrogen-bond acceptors (Lipinski definition) is 2. The second-order valence-electron chi connectivity index (χ2n) is 6.04. The predicted molar refractivity (Wildman–Crippen MR) is 85.4 cm³/mol. The lowest BCUT2D eigenvalue weighted by atomic mass is 9.91. The maximum atomic E-state index is 5.99. The number of para-hydroxylation sites is 1. The summed E-state index contributed by atoms with van der Waals surface area (Å²) in [5.74, 6) is 1.90. The fourth-order valence-corrected chi connectivity index (χ4v) is 2.90. The Morgan fingerprint density at radius 3 is 2.90 bits per heavy atom. The van der Waals surface area contributed by atoms with Gasteiger partial charge in [-0.2, -0.15) is 0 Å². The van der Waals surface area contributed by atoms with Crippen molar-refractivity contribution < 1.29 is 4.74 Å². The maximum absolute atomic E-state index is 5.99. The number of rotatable bonds is 7. The smallest absolute Gasteiger partial charge is 0.127 e. The van der Waals surface area contributed by atoms with Crippen LogP contribution in [0.25, 0.3) is 0 Å². The summed E-state index contributed by atoms with van der Waals surface area (Å²) >= 11 is 0. The van der Waals surface area contributed by atoms with Gasteiger partial charge in [0.15, 0.2) is 0 Å². The van der Waals surface area contributed by atoms with Crippen molar-refractivity contribution in [2.24, 2.45) is 5.92 Å². The van der Waals surface area contributed by atoms with E-state index < -0.39 is 0 Å². The van der Waals surface area contributed by atoms with Crippen molar-refractivity contribution in [3.05, 3.63) is 29.3 Å². The lowest BCUT2D eigenvalue weighted by Gasteiger charge is -2.27. The van der Waals surface area contributed by atoms with Crippen LogP contribution in [0.15, 0.2) is 18.2 Å². The molecule has 112 valence electrons. The molecule has 0 bridgehead atoms. The molecular weight excluding hydrogens is 246 g/mol. The quantitative estimate of drug-likeness (QED) is 0.791. The zero-order chi connectivity index (χ0) is 14.4. The Labute approximate surface area is 123 Å². The summed E-state index contributed by atoms with van der Waals surface area (Å²) in [7, 11) is 0. The minimum absolute atomic E-state index is 0.429. The van der Waals surface area contributed by atoms with Gasteiger partial charge in [-0.15, -0.1) is 0 Å². The summed E-state index contributed by atoms with van der Waals surface area (Å²) in [6.07, 6.45) is 5.91. The second kappa shape index (κ2) is 7.68. The molecule has 2 nitrogen and oxygen atoms in total. The molecule has 1 aliphatic rings. The van der Waals surface area contributed by atoms with Gasteiger partial charge in [-0.3, -0.25) is 0 Å². The van der Waals surface area contributed by atoms with Gasteiger partial charge in [0.2, 0.25) is 0 Å². The third kappa shape index (κ3) is 3.76. The van der Waals surface area contributed by atoms with Crippen molar-refractivity contribution in [2.45, 2.75) is 58.9 Å². The topological polar surface area (TPSA) is 21.3 Å². The fraction of sp³-hybridized carbons (Fsp3) is 0.667. The van der Waals surface area contributed by atoms with Crippen LogP contribution in [0.4, 0.5) is 0 Å². The Morgan fingerprint density at radius 2 is 2.15 bits per heavy atom. The largest absolute Gasteiger partial charge is 0.493 e. The molecule has 2 unspecified atom stereocenters. The Hall–Kier alpha value is -1.02. The predicted octanol–water partition coefficient (Wildman–Crippen LogP) is 4.49. The van der Waals surface area contributed by atoms with E-state index in [2.05, 4.69) is 44.3 Å². The molecule has 1 aliphatic heterocycles. The number of ether oxygens (including phenoxy) is 1. The van der Waals surface area contributed by atoms with Crippen LogP contribution in [-0.2, 0) is 6.42 Å². The third-order valence-electron chi connectivity index (χ3n) is 4.32. The first-order valence-electron chi connectivity index (χ1n) is 8.24. The lowest BCUT2D eigenvalue weighted by molar-refractivity contribution is 0.278. The first kappa shape index (κ1) is 15.4. The van der Waals surface area contributed by atoms with E-state index in [1.54, 1.807) is 0 Å². The van der Waals surface area contributed by atoms with Gasteiger partial charge in [-0.25, -0.2) is 0 Å². The van der Waals surface area contributed by atoms with E-state index in [1.165, 1.54) is 30.4 Å². The average molecular weight is 275 g/mol. The SMILES string of the molecule is CCCNC(CC(C)CC)c1cccc2c1OCCC2. The third-order valence-corrected chi connectivity index (χ3v) is 4.32. The fourth-order valence-electron chi connectivity index (χ4n) is 2.90. The van der Waals surface area contributed by atoms with E-state index in [-0.39, 0.29) is 0 Å². The summed E-state index contributed by atoms with van der Waals surface area (Å²) in [4.78, 5) is 0. The highest BCUT2D eigenvalue weighted by atomic mass is 16.5. The molecule has 1 aromatic carbocycles. The zero-order valence-corrected chi connectivity index (χ0v) is 13.2. The van der Waals surface area contributed by atoms with Gasteiger partial charge in [0.05, 0.1) is 6.61 Å². The van der Waals surface area contributed by atoms with E-state index in [0.29, 0.717) is 6.04 Å². The molecule has 1 aromatic rings. The van der Waals surface area contributed by atoms with Crippen LogP contribution in [0, 0.1) is 5.92 Å². The van der Waals surface area contributed by atoms with Crippen molar-refractivity contribution in [1.82, 2.24) is 5.32 Å². The van der Waals surface area contributed by atoms with Crippen LogP contribution in [-0.4, -0.2) is 13.2 Å². The van der Waals surface area contributed by atoms with Crippen LogP contribution in [0.2, 0.25) is 0 Å². The van der Waals surface area contributed by atoms with Crippen LogP contribution in [0.1, 0.15) is 63.6 Å². The van der Waals surface area contributed by atoms with Crippen molar-refractivity contribution in [2.75, 3.05) is 13.2 Å². The molecule has 20 heavy (non-hydrogen) atoms. The molecule has 1 N–H and O–H groups in total. The number of aryl methyl sites for hydroxylation is 1. The monoisotopic (exact) mass is 275 g/mol. The van der Waals surface area contributed by atoms with Gasteiger partial charge in [0.25, 0.3) is 0 Å². The van der Waals surface area contributed by atoms with E-state index in [1.807, 2.05) is 0 Å². The lowest BCUT2D eigenvalue weighted by Crippen LogP contribution is -2.25. The van der Waals surface area contributed by atoms with Gasteiger partial charge in [0, 0.05) is 11.6 Å². The number of fused-ring (bicyclic) bond motifs is 1. The number of nitrogens with one attached hydrogen (secondary N) is 1. The molecule has 0 aliphatic carbocycles. The minimum atomic E-state index is 0.429. The standard InChI is InChI=1S/C18H29NO/c1-4-11-19-17(13-14(3)5-2)16-10-6-8-15-9-7-12-20-18(15)16/h6,8,10,14,17,19H,4-5,7,9,11-13H2,1-3H3. The molecule has 0 saturated carbocycles. The van der Waals surface area contributed by atoms with E-state index in [0.717, 1.165) is 37.7 Å². The van der Waals surface area contributed by atoms with E-state index in [4.69, 9.17) is 4.74 Å². The van der Waals surface area contributed by atoms with Gasteiger partial charge in [-0.05, 0) is 43.7 Å². The van der Waals surface area contributed by atoms with Gasteiger partial charge < -0.3 is 10.1 Å². The molecule has 2 atom stereocenters. The summed E-state index contributed by atoms with van der Waals surface area (Å²) in [6.45, 7) is 8.79. The molecule has 0 spiro atoms. The minimum Gasteiger partial charge on any atom is -0.493 e. The van der Waals surface area contributed by atoms with Gasteiger partial charge in [-0.1, -0.05) is 45.4 Å². The highest BCUT2D eigenvalue weighted by molar-refractivity contribution is 5.44. The van der Waals surface area contributed by atoms with Gasteiger partial charge >= 0.3 is 0 Å². The molecule has 0 aromatic heterocycles. The van der Waals surface area contributed by atoms with Crippen molar-refractivity contribution in [3.8, 4) is 5.75 Å². The molecule has 0 amide bonds. The Bertz CT molecular complexity index is 416. The normalized spacial score (nSPS) is 17.1. The first-order valence-corrected chi connectivity index (χ1v) is 8.24. The summed E-state index contributed by atoms with van der Waals surface area (Å²) in [5.41, 5.74) is 2.76. The van der Waals surface area contributed by atoms with Crippen molar-refractivity contribution in [1.29, 1.82) is 0 Å². The molecular formula is C18H29NO. The molecule has 1 heterocycles. The first-order chi connectivity index (χ1) is 9.76. The van der Waals surface area contributed by atoms with Gasteiger partial charge in [0.1, 0.15) is 5.75 Å². The molecule has 0 radical (unpaired) electrons. The van der Waals surface area contributed by atoms with Crippen LogP contribution < -0.4 is 10.1 Å². The molecule has 0 fully saturated rings.